The van der Waals surface area contributed by atoms with Gasteiger partial charge in [0.1, 0.15) is 11.5 Å². The van der Waals surface area contributed by atoms with Gasteiger partial charge >= 0.3 is 0 Å². The van der Waals surface area contributed by atoms with Gasteiger partial charge in [-0.25, -0.2) is 0 Å². The molecule has 0 radical (unpaired) electrons. The number of carbonyl (C=O) groups excluding carboxylic acids is 2. The minimum absolute atomic E-state index is 0.0724. The van der Waals surface area contributed by atoms with Crippen LogP contribution in [-0.4, -0.2) is 59.2 Å². The molecule has 1 aromatic heterocycles. The highest BCUT2D eigenvalue weighted by Gasteiger charge is 2.37. The molecule has 2 amide bonds. The van der Waals surface area contributed by atoms with Crippen LogP contribution in [0.3, 0.4) is 0 Å². The van der Waals surface area contributed by atoms with E-state index in [2.05, 4.69) is 10.6 Å². The van der Waals surface area contributed by atoms with Crippen molar-refractivity contribution in [2.45, 2.75) is 19.2 Å². The van der Waals surface area contributed by atoms with Crippen LogP contribution in [0, 0.1) is 0 Å². The van der Waals surface area contributed by atoms with Crippen molar-refractivity contribution < 1.29 is 24.2 Å². The molecule has 29 heavy (non-hydrogen) atoms. The van der Waals surface area contributed by atoms with Crippen LogP contribution in [0.1, 0.15) is 29.1 Å². The monoisotopic (exact) mass is 400 g/mol. The number of benzene rings is 1. The molecule has 9 heteroatoms. The summed E-state index contributed by atoms with van der Waals surface area (Å²) in [5.74, 6) is -0.489. The first kappa shape index (κ1) is 20.3. The van der Waals surface area contributed by atoms with Crippen molar-refractivity contribution in [3.63, 3.8) is 0 Å². The van der Waals surface area contributed by atoms with E-state index in [-0.39, 0.29) is 40.3 Å². The minimum atomic E-state index is -1.20. The van der Waals surface area contributed by atoms with E-state index in [9.17, 15) is 19.8 Å². The Morgan fingerprint density at radius 3 is 2.62 bits per heavy atom. The molecule has 1 aliphatic heterocycles. The van der Waals surface area contributed by atoms with E-state index in [4.69, 9.17) is 4.42 Å². The zero-order valence-corrected chi connectivity index (χ0v) is 16.6. The molecular weight excluding hydrogens is 376 g/mol. The molecule has 0 fully saturated rings. The van der Waals surface area contributed by atoms with Gasteiger partial charge in [0.15, 0.2) is 12.0 Å². The lowest BCUT2D eigenvalue weighted by Gasteiger charge is -2.20. The van der Waals surface area contributed by atoms with Crippen molar-refractivity contribution in [3.05, 3.63) is 59.3 Å². The van der Waals surface area contributed by atoms with E-state index in [0.29, 0.717) is 5.76 Å². The van der Waals surface area contributed by atoms with Crippen LogP contribution in [0.25, 0.3) is 0 Å². The number of furan rings is 1. The number of phenolic OH excluding ortho intramolecular Hbond substituents is 1. The molecule has 4 N–H and O–H groups in total. The van der Waals surface area contributed by atoms with Gasteiger partial charge in [-0.3, -0.25) is 9.59 Å². The Kier molecular flexibility index (Phi) is 5.51. The SMILES string of the molecule is CC(NC1=C(Nc2cccc(C(=O)N(C)C)c2O)C(=O)N(C)C1O)c1ccco1. The Morgan fingerprint density at radius 2 is 2.00 bits per heavy atom. The van der Waals surface area contributed by atoms with Crippen LogP contribution in [-0.2, 0) is 4.79 Å². The predicted octanol–water partition coefficient (Wildman–Crippen LogP) is 1.45. The first-order valence-electron chi connectivity index (χ1n) is 9.02. The van der Waals surface area contributed by atoms with E-state index in [1.807, 2.05) is 6.92 Å². The zero-order valence-electron chi connectivity index (χ0n) is 16.6. The summed E-state index contributed by atoms with van der Waals surface area (Å²) in [6.45, 7) is 1.83. The summed E-state index contributed by atoms with van der Waals surface area (Å²) in [5, 5.41) is 27.0. The van der Waals surface area contributed by atoms with Gasteiger partial charge in [-0.1, -0.05) is 6.07 Å². The summed E-state index contributed by atoms with van der Waals surface area (Å²) in [7, 11) is 4.62. The van der Waals surface area contributed by atoms with Crippen molar-refractivity contribution in [1.29, 1.82) is 0 Å². The molecule has 1 aliphatic rings. The number of aliphatic hydroxyl groups excluding tert-OH is 1. The number of aliphatic hydroxyl groups is 1. The summed E-state index contributed by atoms with van der Waals surface area (Å²) >= 11 is 0. The molecule has 1 aromatic carbocycles. The summed E-state index contributed by atoms with van der Waals surface area (Å²) in [4.78, 5) is 27.4. The molecular formula is C20H24N4O5. The van der Waals surface area contributed by atoms with Gasteiger partial charge in [0.25, 0.3) is 11.8 Å². The number of nitrogens with zero attached hydrogens (tertiary/aromatic N) is 2. The Morgan fingerprint density at radius 1 is 1.28 bits per heavy atom. The second kappa shape index (κ2) is 7.88. The molecule has 2 heterocycles. The van der Waals surface area contributed by atoms with E-state index in [1.165, 1.54) is 24.3 Å². The fourth-order valence-electron chi connectivity index (χ4n) is 3.03. The fraction of sp³-hybridized carbons (Fsp3) is 0.300. The largest absolute Gasteiger partial charge is 0.505 e. The topological polar surface area (TPSA) is 118 Å². The van der Waals surface area contributed by atoms with E-state index in [0.717, 1.165) is 4.90 Å². The molecule has 154 valence electrons. The number of likely N-dealkylation sites (N-methyl/N-ethyl adjacent to an activating group) is 1. The number of nitrogens with one attached hydrogen (secondary N) is 2. The van der Waals surface area contributed by atoms with Gasteiger partial charge in [0.2, 0.25) is 0 Å². The number of hydrogen-bond acceptors (Lipinski definition) is 7. The smallest absolute Gasteiger partial charge is 0.274 e. The first-order chi connectivity index (χ1) is 13.7. The highest BCUT2D eigenvalue weighted by Crippen LogP contribution is 2.32. The lowest BCUT2D eigenvalue weighted by atomic mass is 10.1. The van der Waals surface area contributed by atoms with Gasteiger partial charge in [0.05, 0.1) is 29.3 Å². The number of aromatic hydroxyl groups is 1. The number of anilines is 1. The van der Waals surface area contributed by atoms with Crippen molar-refractivity contribution in [2.24, 2.45) is 0 Å². The molecule has 0 saturated carbocycles. The van der Waals surface area contributed by atoms with Gasteiger partial charge in [-0.2, -0.15) is 0 Å². The van der Waals surface area contributed by atoms with Crippen LogP contribution in [0.4, 0.5) is 5.69 Å². The van der Waals surface area contributed by atoms with E-state index in [1.54, 1.807) is 38.4 Å². The van der Waals surface area contributed by atoms with Crippen molar-refractivity contribution in [2.75, 3.05) is 26.5 Å². The van der Waals surface area contributed by atoms with Gasteiger partial charge in [-0.15, -0.1) is 0 Å². The van der Waals surface area contributed by atoms with Crippen molar-refractivity contribution >= 4 is 17.5 Å². The van der Waals surface area contributed by atoms with E-state index >= 15 is 0 Å². The average molecular weight is 400 g/mol. The third-order valence-corrected chi connectivity index (χ3v) is 4.70. The van der Waals surface area contributed by atoms with Gasteiger partial charge < -0.3 is 35.1 Å². The average Bonchev–Trinajstić information content (AvgIpc) is 3.29. The second-order valence-corrected chi connectivity index (χ2v) is 6.99. The van der Waals surface area contributed by atoms with Crippen LogP contribution in [0.2, 0.25) is 0 Å². The lowest BCUT2D eigenvalue weighted by molar-refractivity contribution is -0.129. The maximum atomic E-state index is 12.7. The summed E-state index contributed by atoms with van der Waals surface area (Å²) in [5.41, 5.74) is 0.584. The maximum Gasteiger partial charge on any atom is 0.274 e. The van der Waals surface area contributed by atoms with Crippen LogP contribution >= 0.6 is 0 Å². The molecule has 0 aliphatic carbocycles. The van der Waals surface area contributed by atoms with Gasteiger partial charge in [0, 0.05) is 21.1 Å². The number of para-hydroxylation sites is 1. The predicted molar refractivity (Wildman–Crippen MR) is 106 cm³/mol. The fourth-order valence-corrected chi connectivity index (χ4v) is 3.03. The molecule has 3 rings (SSSR count). The quantitative estimate of drug-likeness (QED) is 0.542. The second-order valence-electron chi connectivity index (χ2n) is 6.99. The third-order valence-electron chi connectivity index (χ3n) is 4.70. The van der Waals surface area contributed by atoms with E-state index < -0.39 is 12.1 Å². The number of hydrogen-bond donors (Lipinski definition) is 4. The summed E-state index contributed by atoms with van der Waals surface area (Å²) in [6.07, 6.45) is 0.338. The molecule has 9 nitrogen and oxygen atoms in total. The molecule has 2 atom stereocenters. The molecule has 0 spiro atoms. The molecule has 2 aromatic rings. The molecule has 2 unspecified atom stereocenters. The van der Waals surface area contributed by atoms with Crippen LogP contribution in [0.5, 0.6) is 5.75 Å². The van der Waals surface area contributed by atoms with Crippen molar-refractivity contribution in [1.82, 2.24) is 15.1 Å². The normalized spacial score (nSPS) is 17.5. The van der Waals surface area contributed by atoms with Crippen LogP contribution < -0.4 is 10.6 Å². The van der Waals surface area contributed by atoms with Crippen LogP contribution in [0.15, 0.2) is 52.4 Å². The van der Waals surface area contributed by atoms with Gasteiger partial charge in [-0.05, 0) is 31.2 Å². The Bertz CT molecular complexity index is 952. The number of carbonyl (C=O) groups is 2. The third kappa shape index (κ3) is 3.77. The first-order valence-corrected chi connectivity index (χ1v) is 9.02. The lowest BCUT2D eigenvalue weighted by Crippen LogP contribution is -2.35. The highest BCUT2D eigenvalue weighted by molar-refractivity contribution is 6.02. The Labute approximate surface area is 168 Å². The highest BCUT2D eigenvalue weighted by atomic mass is 16.3. The Hall–Kier alpha value is -3.46. The summed E-state index contributed by atoms with van der Waals surface area (Å²) in [6, 6.07) is 7.83. The molecule has 0 bridgehead atoms. The Balaban J connectivity index is 1.96. The maximum absolute atomic E-state index is 12.7. The zero-order chi connectivity index (χ0) is 21.3. The number of amides is 2. The summed E-state index contributed by atoms with van der Waals surface area (Å²) < 4.78 is 5.36. The minimum Gasteiger partial charge on any atom is -0.505 e. The number of phenols is 1. The standard InChI is InChI=1S/C20H24N4O5/c1-11(14-9-6-10-29-14)21-15-16(20(28)24(4)19(15)27)22-13-8-5-7-12(17(13)25)18(26)23(2)3/h5-11,19,21-22,25,27H,1-4H3. The number of rotatable bonds is 6. The van der Waals surface area contributed by atoms with Crippen molar-refractivity contribution in [3.8, 4) is 5.75 Å². The molecule has 0 saturated heterocycles.